The number of aliphatic carboxylic acids is 1. The summed E-state index contributed by atoms with van der Waals surface area (Å²) in [6, 6.07) is 3.48. The fraction of sp³-hybridized carbons (Fsp3) is 0.462. The first-order chi connectivity index (χ1) is 9.47. The number of amides is 1. The maximum atomic E-state index is 11.4. The van der Waals surface area contributed by atoms with E-state index in [4.69, 9.17) is 0 Å². The van der Waals surface area contributed by atoms with Crippen molar-refractivity contribution < 1.29 is 19.6 Å². The Balaban J connectivity index is 2.38. The molecule has 20 heavy (non-hydrogen) atoms. The van der Waals surface area contributed by atoms with Crippen molar-refractivity contribution in [1.29, 1.82) is 0 Å². The molecule has 1 amide bonds. The predicted molar refractivity (Wildman–Crippen MR) is 73.3 cm³/mol. The molecule has 7 heteroatoms. The molecule has 0 aliphatic carbocycles. The summed E-state index contributed by atoms with van der Waals surface area (Å²) in [4.78, 5) is 27.1. The fourth-order valence-electron chi connectivity index (χ4n) is 1.45. The molecular weight excluding hydrogens is 260 g/mol. The number of pyridine rings is 1. The molecule has 3 N–H and O–H groups in total. The fourth-order valence-corrected chi connectivity index (χ4v) is 1.45. The maximum Gasteiger partial charge on any atom is 0.224 e. The van der Waals surface area contributed by atoms with Crippen molar-refractivity contribution in [2.75, 3.05) is 37.8 Å². The molecule has 1 rings (SSSR count). The van der Waals surface area contributed by atoms with Gasteiger partial charge in [0, 0.05) is 12.4 Å². The van der Waals surface area contributed by atoms with Crippen molar-refractivity contribution in [3.8, 4) is 0 Å². The smallest absolute Gasteiger partial charge is 0.224 e. The molecule has 0 atom stereocenters. The number of likely N-dealkylation sites (N-methyl/N-ethyl adjacent to an activating group) is 1. The predicted octanol–water partition coefficient (Wildman–Crippen LogP) is -1.89. The number of carboxylic acid groups (broad SMARTS) is 1. The molecule has 0 saturated heterocycles. The lowest BCUT2D eigenvalue weighted by Gasteiger charge is -2.09. The van der Waals surface area contributed by atoms with Gasteiger partial charge in [0.1, 0.15) is 5.82 Å². The van der Waals surface area contributed by atoms with E-state index < -0.39 is 5.97 Å². The number of carbonyl (C=O) groups is 2. The van der Waals surface area contributed by atoms with E-state index in [0.717, 1.165) is 18.9 Å². The average Bonchev–Trinajstić information content (AvgIpc) is 2.38. The molecule has 0 unspecified atom stereocenters. The van der Waals surface area contributed by atoms with Crippen molar-refractivity contribution in [1.82, 2.24) is 4.98 Å². The van der Waals surface area contributed by atoms with Crippen molar-refractivity contribution in [2.24, 2.45) is 0 Å². The van der Waals surface area contributed by atoms with E-state index in [2.05, 4.69) is 29.7 Å². The summed E-state index contributed by atoms with van der Waals surface area (Å²) < 4.78 is 0. The Morgan fingerprint density at radius 3 is 2.60 bits per heavy atom. The van der Waals surface area contributed by atoms with Crippen LogP contribution >= 0.6 is 0 Å². The van der Waals surface area contributed by atoms with Crippen LogP contribution in [0.25, 0.3) is 0 Å². The van der Waals surface area contributed by atoms with Crippen molar-refractivity contribution in [2.45, 2.75) is 12.8 Å². The van der Waals surface area contributed by atoms with E-state index in [-0.39, 0.29) is 18.7 Å². The van der Waals surface area contributed by atoms with Gasteiger partial charge in [0.25, 0.3) is 0 Å². The monoisotopic (exact) mass is 280 g/mol. The van der Waals surface area contributed by atoms with Crippen LogP contribution in [-0.2, 0) is 9.59 Å². The lowest BCUT2D eigenvalue weighted by Crippen LogP contribution is -3.06. The molecule has 0 aliphatic rings. The van der Waals surface area contributed by atoms with Gasteiger partial charge in [-0.25, -0.2) is 4.98 Å². The Kier molecular flexibility index (Phi) is 6.45. The van der Waals surface area contributed by atoms with Gasteiger partial charge in [0.05, 0.1) is 39.1 Å². The third-order valence-corrected chi connectivity index (χ3v) is 2.53. The second-order valence-electron chi connectivity index (χ2n) is 4.74. The van der Waals surface area contributed by atoms with Gasteiger partial charge in [-0.15, -0.1) is 0 Å². The third kappa shape index (κ3) is 6.69. The molecule has 0 saturated carbocycles. The Labute approximate surface area is 118 Å². The minimum atomic E-state index is -1.24. The van der Waals surface area contributed by atoms with E-state index in [9.17, 15) is 14.7 Å². The molecule has 0 fully saturated rings. The standard InChI is InChI=1S/C13H20N4O3/c1-17(2)8-7-14-11-4-3-10(9-15-11)16-12(18)5-6-13(19)20/h3-4,9H,5-8H2,1-2H3,(H,14,15)(H,16,18)(H,19,20). The van der Waals surface area contributed by atoms with E-state index in [1.165, 1.54) is 11.1 Å². The minimum Gasteiger partial charge on any atom is -0.550 e. The van der Waals surface area contributed by atoms with Crippen LogP contribution in [0.4, 0.5) is 11.5 Å². The normalized spacial score (nSPS) is 10.3. The number of hydrogen-bond acceptors (Lipinski definition) is 5. The van der Waals surface area contributed by atoms with E-state index in [1.807, 2.05) is 0 Å². The lowest BCUT2D eigenvalue weighted by molar-refractivity contribution is -0.856. The molecule has 0 radical (unpaired) electrons. The van der Waals surface area contributed by atoms with E-state index in [0.29, 0.717) is 5.69 Å². The SMILES string of the molecule is C[NH+](C)CCNc1ccc(NC(=O)CCC(=O)[O-])cn1. The number of carboxylic acids is 1. The summed E-state index contributed by atoms with van der Waals surface area (Å²) in [5.41, 5.74) is 0.539. The molecule has 1 heterocycles. The van der Waals surface area contributed by atoms with Crippen molar-refractivity contribution in [3.63, 3.8) is 0 Å². The zero-order chi connectivity index (χ0) is 15.0. The van der Waals surface area contributed by atoms with Crippen LogP contribution in [-0.4, -0.2) is 44.0 Å². The first kappa shape index (κ1) is 15.9. The molecule has 0 spiro atoms. The number of aromatic nitrogens is 1. The van der Waals surface area contributed by atoms with Gasteiger partial charge in [-0.3, -0.25) is 4.79 Å². The zero-order valence-electron chi connectivity index (χ0n) is 11.7. The molecule has 1 aromatic rings. The lowest BCUT2D eigenvalue weighted by atomic mass is 10.3. The van der Waals surface area contributed by atoms with Gasteiger partial charge >= 0.3 is 0 Å². The first-order valence-electron chi connectivity index (χ1n) is 6.46. The second kappa shape index (κ2) is 8.11. The van der Waals surface area contributed by atoms with Gasteiger partial charge in [-0.05, 0) is 18.6 Å². The Bertz CT molecular complexity index is 445. The summed E-state index contributed by atoms with van der Waals surface area (Å²) in [5.74, 6) is -0.868. The summed E-state index contributed by atoms with van der Waals surface area (Å²) in [6.45, 7) is 1.79. The number of nitrogens with one attached hydrogen (secondary N) is 3. The summed E-state index contributed by atoms with van der Waals surface area (Å²) >= 11 is 0. The molecule has 0 aromatic carbocycles. The summed E-state index contributed by atoms with van der Waals surface area (Å²) in [6.07, 6.45) is 1.14. The number of anilines is 2. The number of rotatable bonds is 8. The highest BCUT2D eigenvalue weighted by atomic mass is 16.4. The highest BCUT2D eigenvalue weighted by Crippen LogP contribution is 2.09. The quantitative estimate of drug-likeness (QED) is 0.517. The minimum absolute atomic E-state index is 0.103. The maximum absolute atomic E-state index is 11.4. The van der Waals surface area contributed by atoms with Gasteiger partial charge < -0.3 is 25.4 Å². The third-order valence-electron chi connectivity index (χ3n) is 2.53. The number of carbonyl (C=O) groups excluding carboxylic acids is 2. The largest absolute Gasteiger partial charge is 0.550 e. The van der Waals surface area contributed by atoms with E-state index in [1.54, 1.807) is 12.1 Å². The number of nitrogens with zero attached hydrogens (tertiary/aromatic N) is 1. The molecule has 0 aliphatic heterocycles. The Morgan fingerprint density at radius 2 is 2.05 bits per heavy atom. The van der Waals surface area contributed by atoms with Crippen LogP contribution in [0.2, 0.25) is 0 Å². The van der Waals surface area contributed by atoms with E-state index >= 15 is 0 Å². The van der Waals surface area contributed by atoms with Crippen LogP contribution in [0.5, 0.6) is 0 Å². The van der Waals surface area contributed by atoms with Crippen LogP contribution < -0.4 is 20.6 Å². The van der Waals surface area contributed by atoms with Crippen molar-refractivity contribution >= 4 is 23.4 Å². The Morgan fingerprint density at radius 1 is 1.30 bits per heavy atom. The topological polar surface area (TPSA) is 98.6 Å². The molecule has 1 aromatic heterocycles. The van der Waals surface area contributed by atoms with Gasteiger partial charge in [-0.2, -0.15) is 0 Å². The van der Waals surface area contributed by atoms with Crippen LogP contribution in [0.15, 0.2) is 18.3 Å². The van der Waals surface area contributed by atoms with Gasteiger partial charge in [0.2, 0.25) is 5.91 Å². The van der Waals surface area contributed by atoms with Crippen LogP contribution in [0.3, 0.4) is 0 Å². The number of hydrogen-bond donors (Lipinski definition) is 3. The second-order valence-corrected chi connectivity index (χ2v) is 4.74. The van der Waals surface area contributed by atoms with Crippen LogP contribution in [0, 0.1) is 0 Å². The van der Waals surface area contributed by atoms with Crippen LogP contribution in [0.1, 0.15) is 12.8 Å². The molecule has 7 nitrogen and oxygen atoms in total. The summed E-state index contributed by atoms with van der Waals surface area (Å²) in [7, 11) is 4.14. The molecular formula is C13H20N4O3. The average molecular weight is 280 g/mol. The van der Waals surface area contributed by atoms with Crippen molar-refractivity contribution in [3.05, 3.63) is 18.3 Å². The Hall–Kier alpha value is -2.15. The first-order valence-corrected chi connectivity index (χ1v) is 6.46. The summed E-state index contributed by atoms with van der Waals surface area (Å²) in [5, 5.41) is 16.0. The van der Waals surface area contributed by atoms with Gasteiger partial charge in [0.15, 0.2) is 0 Å². The number of quaternary nitrogens is 1. The molecule has 110 valence electrons. The highest BCUT2D eigenvalue weighted by Gasteiger charge is 2.03. The molecule has 0 bridgehead atoms. The van der Waals surface area contributed by atoms with Gasteiger partial charge in [-0.1, -0.05) is 0 Å². The zero-order valence-corrected chi connectivity index (χ0v) is 11.7. The highest BCUT2D eigenvalue weighted by molar-refractivity contribution is 5.92.